The standard InChI is InChI=1S/C28H22Cl2F3NO6/c1-38-17-9-7-15(8-10-17)22-20(23(35)18-12-19(29)26(40-3)21(30)25(18)39-2)24(36)27(37)34(22)13-14-5-4-6-16(11-14)28(31,32)33/h4-12,22,35H,13H2,1-3H3/b23-20+. The van der Waals surface area contributed by atoms with E-state index in [4.69, 9.17) is 37.4 Å². The summed E-state index contributed by atoms with van der Waals surface area (Å²) in [4.78, 5) is 27.8. The van der Waals surface area contributed by atoms with Gasteiger partial charge in [0.05, 0.1) is 49.1 Å². The molecule has 0 aromatic heterocycles. The van der Waals surface area contributed by atoms with E-state index in [0.29, 0.717) is 11.3 Å². The molecule has 0 saturated carbocycles. The van der Waals surface area contributed by atoms with Gasteiger partial charge in [-0.2, -0.15) is 13.2 Å². The lowest BCUT2D eigenvalue weighted by molar-refractivity contribution is -0.140. The molecule has 1 saturated heterocycles. The van der Waals surface area contributed by atoms with Gasteiger partial charge in [0.15, 0.2) is 11.5 Å². The van der Waals surface area contributed by atoms with Crippen LogP contribution in [0.25, 0.3) is 5.76 Å². The number of likely N-dealkylation sites (tertiary alicyclic amines) is 1. The summed E-state index contributed by atoms with van der Waals surface area (Å²) in [7, 11) is 4.06. The van der Waals surface area contributed by atoms with E-state index in [-0.39, 0.29) is 44.8 Å². The number of rotatable bonds is 7. The number of methoxy groups -OCH3 is 3. The van der Waals surface area contributed by atoms with Crippen molar-refractivity contribution in [2.24, 2.45) is 0 Å². The Balaban J connectivity index is 1.92. The third kappa shape index (κ3) is 5.29. The average molecular weight is 596 g/mol. The summed E-state index contributed by atoms with van der Waals surface area (Å²) in [5.74, 6) is -2.26. The highest BCUT2D eigenvalue weighted by molar-refractivity contribution is 6.47. The van der Waals surface area contributed by atoms with Gasteiger partial charge in [-0.05, 0) is 41.5 Å². The van der Waals surface area contributed by atoms with Gasteiger partial charge in [-0.25, -0.2) is 0 Å². The summed E-state index contributed by atoms with van der Waals surface area (Å²) in [6.45, 7) is -0.358. The Morgan fingerprint density at radius 2 is 1.60 bits per heavy atom. The third-order valence-electron chi connectivity index (χ3n) is 6.37. The second kappa shape index (κ2) is 11.3. The van der Waals surface area contributed by atoms with Crippen LogP contribution in [-0.2, 0) is 22.3 Å². The Labute approximate surface area is 237 Å². The molecule has 0 spiro atoms. The van der Waals surface area contributed by atoms with E-state index in [1.54, 1.807) is 24.3 Å². The summed E-state index contributed by atoms with van der Waals surface area (Å²) >= 11 is 12.7. The quantitative estimate of drug-likeness (QED) is 0.187. The van der Waals surface area contributed by atoms with Crippen LogP contribution >= 0.6 is 23.2 Å². The maximum atomic E-state index is 13.4. The maximum Gasteiger partial charge on any atom is 0.416 e. The van der Waals surface area contributed by atoms with Crippen molar-refractivity contribution in [2.45, 2.75) is 18.8 Å². The number of ether oxygens (including phenoxy) is 3. The monoisotopic (exact) mass is 595 g/mol. The van der Waals surface area contributed by atoms with Crippen molar-refractivity contribution < 1.29 is 42.1 Å². The predicted molar refractivity (Wildman–Crippen MR) is 142 cm³/mol. The van der Waals surface area contributed by atoms with Gasteiger partial charge in [0.2, 0.25) is 0 Å². The van der Waals surface area contributed by atoms with E-state index in [1.165, 1.54) is 39.5 Å². The van der Waals surface area contributed by atoms with Crippen molar-refractivity contribution >= 4 is 40.7 Å². The lowest BCUT2D eigenvalue weighted by Crippen LogP contribution is -2.29. The van der Waals surface area contributed by atoms with Crippen molar-refractivity contribution in [1.82, 2.24) is 4.90 Å². The molecule has 4 rings (SSSR count). The number of carbonyl (C=O) groups excluding carboxylic acids is 2. The molecule has 0 aliphatic carbocycles. The van der Waals surface area contributed by atoms with Gasteiger partial charge >= 0.3 is 6.18 Å². The second-order valence-corrected chi connectivity index (χ2v) is 9.47. The third-order valence-corrected chi connectivity index (χ3v) is 7.00. The van der Waals surface area contributed by atoms with Crippen LogP contribution in [0.5, 0.6) is 17.2 Å². The van der Waals surface area contributed by atoms with Crippen LogP contribution in [0, 0.1) is 0 Å². The highest BCUT2D eigenvalue weighted by Gasteiger charge is 2.46. The molecule has 0 bridgehead atoms. The fourth-order valence-electron chi connectivity index (χ4n) is 4.51. The molecule has 1 heterocycles. The number of carbonyl (C=O) groups is 2. The molecule has 1 aliphatic rings. The van der Waals surface area contributed by atoms with Crippen LogP contribution < -0.4 is 14.2 Å². The van der Waals surface area contributed by atoms with Crippen LogP contribution in [0.1, 0.15) is 28.3 Å². The number of aliphatic hydroxyl groups excluding tert-OH is 1. The van der Waals surface area contributed by atoms with E-state index >= 15 is 0 Å². The zero-order valence-electron chi connectivity index (χ0n) is 21.3. The number of Topliss-reactive ketones (excluding diaryl/α,β-unsaturated/α-hetero) is 1. The molecule has 3 aromatic carbocycles. The van der Waals surface area contributed by atoms with Gasteiger partial charge in [0.1, 0.15) is 16.5 Å². The number of halogens is 5. The first kappa shape index (κ1) is 29.1. The Bertz CT molecular complexity index is 1510. The predicted octanol–water partition coefficient (Wildman–Crippen LogP) is 6.66. The molecular formula is C28H22Cl2F3NO6. The molecule has 210 valence electrons. The molecular weight excluding hydrogens is 574 g/mol. The topological polar surface area (TPSA) is 85.3 Å². The van der Waals surface area contributed by atoms with Crippen molar-refractivity contribution in [3.8, 4) is 17.2 Å². The molecule has 1 unspecified atom stereocenters. The molecule has 3 aromatic rings. The fraction of sp³-hybridized carbons (Fsp3) is 0.214. The summed E-state index contributed by atoms with van der Waals surface area (Å²) < 4.78 is 55.8. The second-order valence-electron chi connectivity index (χ2n) is 8.68. The minimum absolute atomic E-state index is 0.00552. The Morgan fingerprint density at radius 3 is 2.17 bits per heavy atom. The molecule has 1 atom stereocenters. The van der Waals surface area contributed by atoms with Gasteiger partial charge in [-0.15, -0.1) is 0 Å². The number of alkyl halides is 3. The van der Waals surface area contributed by atoms with E-state index in [9.17, 15) is 27.9 Å². The largest absolute Gasteiger partial charge is 0.507 e. The van der Waals surface area contributed by atoms with Crippen LogP contribution in [0.4, 0.5) is 13.2 Å². The van der Waals surface area contributed by atoms with E-state index < -0.39 is 35.2 Å². The molecule has 12 heteroatoms. The highest BCUT2D eigenvalue weighted by atomic mass is 35.5. The molecule has 7 nitrogen and oxygen atoms in total. The number of hydrogen-bond donors (Lipinski definition) is 1. The van der Waals surface area contributed by atoms with Crippen LogP contribution in [0.2, 0.25) is 10.0 Å². The Morgan fingerprint density at radius 1 is 0.950 bits per heavy atom. The van der Waals surface area contributed by atoms with Gasteiger partial charge in [0, 0.05) is 6.54 Å². The smallest absolute Gasteiger partial charge is 0.416 e. The Kier molecular flexibility index (Phi) is 8.23. The molecule has 40 heavy (non-hydrogen) atoms. The molecule has 0 radical (unpaired) electrons. The average Bonchev–Trinajstić information content (AvgIpc) is 3.17. The SMILES string of the molecule is COc1ccc(C2/C(=C(\O)c3cc(Cl)c(OC)c(Cl)c3OC)C(=O)C(=O)N2Cc2cccc(C(F)(F)F)c2)cc1. The summed E-state index contributed by atoms with van der Waals surface area (Å²) in [6, 6.07) is 10.8. The van der Waals surface area contributed by atoms with Gasteiger partial charge in [-0.3, -0.25) is 9.59 Å². The summed E-state index contributed by atoms with van der Waals surface area (Å²) in [6.07, 6.45) is -4.61. The highest BCUT2D eigenvalue weighted by Crippen LogP contribution is 2.47. The fourth-order valence-corrected chi connectivity index (χ4v) is 5.20. The van der Waals surface area contributed by atoms with E-state index in [2.05, 4.69) is 0 Å². The van der Waals surface area contributed by atoms with Crippen molar-refractivity contribution in [3.05, 3.63) is 92.5 Å². The first-order valence-electron chi connectivity index (χ1n) is 11.6. The molecule has 1 N–H and O–H groups in total. The minimum atomic E-state index is -4.61. The summed E-state index contributed by atoms with van der Waals surface area (Å²) in [5.41, 5.74) is -0.817. The van der Waals surface area contributed by atoms with Gasteiger partial charge in [0.25, 0.3) is 11.7 Å². The number of amides is 1. The van der Waals surface area contributed by atoms with Crippen molar-refractivity contribution in [1.29, 1.82) is 0 Å². The first-order valence-corrected chi connectivity index (χ1v) is 12.4. The molecule has 1 fully saturated rings. The number of ketones is 1. The molecule has 1 aliphatic heterocycles. The van der Waals surface area contributed by atoms with Crippen LogP contribution in [0.3, 0.4) is 0 Å². The van der Waals surface area contributed by atoms with E-state index in [1.807, 2.05) is 0 Å². The molecule has 1 amide bonds. The van der Waals surface area contributed by atoms with Crippen LogP contribution in [0.15, 0.2) is 60.2 Å². The minimum Gasteiger partial charge on any atom is -0.507 e. The van der Waals surface area contributed by atoms with Crippen molar-refractivity contribution in [3.63, 3.8) is 0 Å². The number of nitrogens with zero attached hydrogens (tertiary/aromatic N) is 1. The number of benzene rings is 3. The maximum absolute atomic E-state index is 13.4. The zero-order valence-corrected chi connectivity index (χ0v) is 22.8. The Hall–Kier alpha value is -3.89. The van der Waals surface area contributed by atoms with Crippen LogP contribution in [-0.4, -0.2) is 43.0 Å². The zero-order chi connectivity index (χ0) is 29.4. The van der Waals surface area contributed by atoms with E-state index in [0.717, 1.165) is 17.0 Å². The first-order chi connectivity index (χ1) is 18.9. The van der Waals surface area contributed by atoms with Crippen molar-refractivity contribution in [2.75, 3.05) is 21.3 Å². The lowest BCUT2D eigenvalue weighted by atomic mass is 9.94. The lowest BCUT2D eigenvalue weighted by Gasteiger charge is -2.26. The summed E-state index contributed by atoms with van der Waals surface area (Å²) in [5, 5.41) is 11.4. The van der Waals surface area contributed by atoms with Gasteiger partial charge in [-0.1, -0.05) is 47.5 Å². The number of aliphatic hydroxyl groups is 1. The number of hydrogen-bond acceptors (Lipinski definition) is 6. The van der Waals surface area contributed by atoms with Gasteiger partial charge < -0.3 is 24.2 Å². The normalized spacial score (nSPS) is 16.8.